The van der Waals surface area contributed by atoms with Crippen molar-refractivity contribution in [2.24, 2.45) is 5.41 Å². The van der Waals surface area contributed by atoms with Crippen LogP contribution < -0.4 is 5.32 Å². The van der Waals surface area contributed by atoms with E-state index in [4.69, 9.17) is 0 Å². The lowest BCUT2D eigenvalue weighted by Gasteiger charge is -2.41. The van der Waals surface area contributed by atoms with Crippen molar-refractivity contribution in [2.45, 2.75) is 44.4 Å². The van der Waals surface area contributed by atoms with Crippen molar-refractivity contribution in [1.29, 1.82) is 0 Å². The van der Waals surface area contributed by atoms with Gasteiger partial charge in [0, 0.05) is 23.1 Å². The SMILES string of the molecule is CC1NC(=O)CC12CCCSC2C. The number of hydrogen-bond donors (Lipinski definition) is 1. The van der Waals surface area contributed by atoms with E-state index in [2.05, 4.69) is 19.2 Å². The van der Waals surface area contributed by atoms with E-state index in [1.54, 1.807) is 0 Å². The fourth-order valence-electron chi connectivity index (χ4n) is 2.72. The van der Waals surface area contributed by atoms with Gasteiger partial charge >= 0.3 is 0 Å². The summed E-state index contributed by atoms with van der Waals surface area (Å²) in [5, 5.41) is 3.69. The predicted molar refractivity (Wildman–Crippen MR) is 55.8 cm³/mol. The maximum atomic E-state index is 11.4. The van der Waals surface area contributed by atoms with Crippen LogP contribution in [-0.4, -0.2) is 23.0 Å². The van der Waals surface area contributed by atoms with Gasteiger partial charge in [-0.1, -0.05) is 6.92 Å². The van der Waals surface area contributed by atoms with Crippen molar-refractivity contribution < 1.29 is 4.79 Å². The topological polar surface area (TPSA) is 29.1 Å². The highest BCUT2D eigenvalue weighted by molar-refractivity contribution is 7.99. The summed E-state index contributed by atoms with van der Waals surface area (Å²) in [5.41, 5.74) is 0.264. The molecule has 3 atom stereocenters. The number of carbonyl (C=O) groups excluding carboxylic acids is 1. The molecule has 13 heavy (non-hydrogen) atoms. The van der Waals surface area contributed by atoms with E-state index in [-0.39, 0.29) is 11.3 Å². The largest absolute Gasteiger partial charge is 0.353 e. The Morgan fingerprint density at radius 2 is 2.31 bits per heavy atom. The Morgan fingerprint density at radius 1 is 1.54 bits per heavy atom. The average Bonchev–Trinajstić information content (AvgIpc) is 2.35. The molecule has 2 rings (SSSR count). The molecule has 2 fully saturated rings. The van der Waals surface area contributed by atoms with Crippen molar-refractivity contribution in [3.63, 3.8) is 0 Å². The highest BCUT2D eigenvalue weighted by atomic mass is 32.2. The molecule has 2 aliphatic heterocycles. The number of amides is 1. The predicted octanol–water partition coefficient (Wildman–Crippen LogP) is 1.80. The summed E-state index contributed by atoms with van der Waals surface area (Å²) in [5.74, 6) is 1.52. The van der Waals surface area contributed by atoms with Crippen molar-refractivity contribution in [3.8, 4) is 0 Å². The number of thioether (sulfide) groups is 1. The molecule has 74 valence electrons. The normalized spacial score (nSPS) is 45.2. The zero-order chi connectivity index (χ0) is 9.47. The lowest BCUT2D eigenvalue weighted by Crippen LogP contribution is -2.43. The smallest absolute Gasteiger partial charge is 0.220 e. The maximum absolute atomic E-state index is 11.4. The van der Waals surface area contributed by atoms with Gasteiger partial charge in [0.1, 0.15) is 0 Å². The van der Waals surface area contributed by atoms with Gasteiger partial charge in [0.15, 0.2) is 0 Å². The van der Waals surface area contributed by atoms with Crippen LogP contribution in [0.2, 0.25) is 0 Å². The van der Waals surface area contributed by atoms with E-state index in [0.29, 0.717) is 11.3 Å². The molecular formula is C10H17NOS. The van der Waals surface area contributed by atoms with Gasteiger partial charge in [-0.25, -0.2) is 0 Å². The molecule has 1 N–H and O–H groups in total. The van der Waals surface area contributed by atoms with Crippen LogP contribution in [0.1, 0.15) is 33.1 Å². The summed E-state index contributed by atoms with van der Waals surface area (Å²) < 4.78 is 0. The molecule has 0 radical (unpaired) electrons. The second-order valence-corrected chi connectivity index (χ2v) is 5.76. The van der Waals surface area contributed by atoms with Crippen LogP contribution in [0.3, 0.4) is 0 Å². The van der Waals surface area contributed by atoms with Crippen LogP contribution >= 0.6 is 11.8 Å². The average molecular weight is 199 g/mol. The second kappa shape index (κ2) is 3.19. The fraction of sp³-hybridized carbons (Fsp3) is 0.900. The Balaban J connectivity index is 2.21. The van der Waals surface area contributed by atoms with E-state index >= 15 is 0 Å². The maximum Gasteiger partial charge on any atom is 0.220 e. The summed E-state index contributed by atoms with van der Waals surface area (Å²) in [6.07, 6.45) is 3.25. The molecule has 0 aliphatic carbocycles. The van der Waals surface area contributed by atoms with Crippen LogP contribution in [0.5, 0.6) is 0 Å². The van der Waals surface area contributed by atoms with Gasteiger partial charge in [0.2, 0.25) is 5.91 Å². The Morgan fingerprint density at radius 3 is 2.85 bits per heavy atom. The van der Waals surface area contributed by atoms with E-state index in [0.717, 1.165) is 6.42 Å². The van der Waals surface area contributed by atoms with E-state index in [1.165, 1.54) is 18.6 Å². The molecule has 0 saturated carbocycles. The molecule has 0 aromatic rings. The highest BCUT2D eigenvalue weighted by Crippen LogP contribution is 2.48. The minimum Gasteiger partial charge on any atom is -0.353 e. The molecule has 0 aromatic heterocycles. The lowest BCUT2D eigenvalue weighted by atomic mass is 9.74. The molecule has 2 heterocycles. The highest BCUT2D eigenvalue weighted by Gasteiger charge is 2.49. The van der Waals surface area contributed by atoms with Gasteiger partial charge in [0.05, 0.1) is 0 Å². The first-order valence-electron chi connectivity index (χ1n) is 5.06. The molecular weight excluding hydrogens is 182 g/mol. The first-order chi connectivity index (χ1) is 6.15. The summed E-state index contributed by atoms with van der Waals surface area (Å²) in [4.78, 5) is 11.4. The third kappa shape index (κ3) is 1.37. The van der Waals surface area contributed by atoms with Gasteiger partial charge in [-0.2, -0.15) is 11.8 Å². The summed E-state index contributed by atoms with van der Waals surface area (Å²) in [6, 6.07) is 0.378. The quantitative estimate of drug-likeness (QED) is 0.644. The van der Waals surface area contributed by atoms with Crippen LogP contribution in [0.25, 0.3) is 0 Å². The van der Waals surface area contributed by atoms with Crippen LogP contribution in [0.4, 0.5) is 0 Å². The molecule has 3 heteroatoms. The van der Waals surface area contributed by atoms with Crippen LogP contribution in [0, 0.1) is 5.41 Å². The van der Waals surface area contributed by atoms with Crippen LogP contribution in [-0.2, 0) is 4.79 Å². The first kappa shape index (κ1) is 9.38. The Labute approximate surface area is 83.8 Å². The number of hydrogen-bond acceptors (Lipinski definition) is 2. The van der Waals surface area contributed by atoms with Gasteiger partial charge in [-0.05, 0) is 25.5 Å². The number of carbonyl (C=O) groups is 1. The monoisotopic (exact) mass is 199 g/mol. The standard InChI is InChI=1S/C10H17NOS/c1-7-10(6-9(12)11-7)4-3-5-13-8(10)2/h7-8H,3-6H2,1-2H3,(H,11,12). The van der Waals surface area contributed by atoms with E-state index in [9.17, 15) is 4.79 Å². The van der Waals surface area contributed by atoms with Crippen molar-refractivity contribution in [3.05, 3.63) is 0 Å². The van der Waals surface area contributed by atoms with Gasteiger partial charge in [-0.3, -0.25) is 4.79 Å². The Bertz CT molecular complexity index is 231. The number of rotatable bonds is 0. The third-order valence-electron chi connectivity index (χ3n) is 3.69. The van der Waals surface area contributed by atoms with E-state index < -0.39 is 0 Å². The molecule has 1 amide bonds. The first-order valence-corrected chi connectivity index (χ1v) is 6.11. The van der Waals surface area contributed by atoms with Crippen LogP contribution in [0.15, 0.2) is 0 Å². The summed E-state index contributed by atoms with van der Waals surface area (Å²) >= 11 is 2.03. The fourth-order valence-corrected chi connectivity index (χ4v) is 4.12. The third-order valence-corrected chi connectivity index (χ3v) is 5.19. The molecule has 3 unspecified atom stereocenters. The van der Waals surface area contributed by atoms with Gasteiger partial charge in [0.25, 0.3) is 0 Å². The van der Waals surface area contributed by atoms with Crippen molar-refractivity contribution in [1.82, 2.24) is 5.32 Å². The molecule has 0 bridgehead atoms. The Hall–Kier alpha value is -0.180. The zero-order valence-corrected chi connectivity index (χ0v) is 9.12. The van der Waals surface area contributed by atoms with Gasteiger partial charge < -0.3 is 5.32 Å². The number of nitrogens with one attached hydrogen (secondary N) is 1. The zero-order valence-electron chi connectivity index (χ0n) is 8.30. The van der Waals surface area contributed by atoms with Gasteiger partial charge in [-0.15, -0.1) is 0 Å². The Kier molecular flexibility index (Phi) is 2.30. The summed E-state index contributed by atoms with van der Waals surface area (Å²) in [6.45, 7) is 4.44. The van der Waals surface area contributed by atoms with Crippen molar-refractivity contribution in [2.75, 3.05) is 5.75 Å². The lowest BCUT2D eigenvalue weighted by molar-refractivity contribution is -0.119. The van der Waals surface area contributed by atoms with E-state index in [1.807, 2.05) is 11.8 Å². The molecule has 2 nitrogen and oxygen atoms in total. The minimum absolute atomic E-state index is 0.252. The minimum atomic E-state index is 0.252. The molecule has 1 spiro atoms. The molecule has 2 saturated heterocycles. The second-order valence-electron chi connectivity index (χ2n) is 4.32. The molecule has 2 aliphatic rings. The molecule has 0 aromatic carbocycles. The van der Waals surface area contributed by atoms with Crippen molar-refractivity contribution >= 4 is 17.7 Å². The summed E-state index contributed by atoms with van der Waals surface area (Å²) in [7, 11) is 0.